The Morgan fingerprint density at radius 3 is 2.36 bits per heavy atom. The van der Waals surface area contributed by atoms with Crippen LogP contribution in [-0.4, -0.2) is 61.6 Å². The molecule has 0 saturated carbocycles. The molecule has 1 amide bonds. The molecule has 7 nitrogen and oxygen atoms in total. The van der Waals surface area contributed by atoms with E-state index in [0.29, 0.717) is 19.6 Å². The zero-order valence-electron chi connectivity index (χ0n) is 23.5. The van der Waals surface area contributed by atoms with Crippen molar-refractivity contribution in [2.75, 3.05) is 13.2 Å². The summed E-state index contributed by atoms with van der Waals surface area (Å²) < 4.78 is 23.9. The lowest BCUT2D eigenvalue weighted by molar-refractivity contribution is -0.168. The number of hydrogen-bond acceptors (Lipinski definition) is 6. The first-order chi connectivity index (χ1) is 16.7. The number of aliphatic hydroxyl groups is 1. The lowest BCUT2D eigenvalue weighted by Gasteiger charge is -2.38. The van der Waals surface area contributed by atoms with E-state index >= 15 is 0 Å². The quantitative estimate of drug-likeness (QED) is 0.433. The molecule has 36 heavy (non-hydrogen) atoms. The van der Waals surface area contributed by atoms with Gasteiger partial charge in [0.1, 0.15) is 5.60 Å². The van der Waals surface area contributed by atoms with Crippen molar-refractivity contribution in [2.24, 2.45) is 0 Å². The van der Waals surface area contributed by atoms with Gasteiger partial charge in [-0.1, -0.05) is 45.0 Å². The van der Waals surface area contributed by atoms with Crippen molar-refractivity contribution in [3.8, 4) is 0 Å². The van der Waals surface area contributed by atoms with E-state index < -0.39 is 32.2 Å². The summed E-state index contributed by atoms with van der Waals surface area (Å²) in [6, 6.07) is 7.35. The number of hydrogen-bond donors (Lipinski definition) is 1. The zero-order chi connectivity index (χ0) is 26.7. The van der Waals surface area contributed by atoms with Gasteiger partial charge in [0.05, 0.1) is 24.9 Å². The van der Waals surface area contributed by atoms with Crippen LogP contribution in [0, 0.1) is 0 Å². The minimum Gasteiger partial charge on any atom is -0.444 e. The van der Waals surface area contributed by atoms with E-state index in [-0.39, 0.29) is 17.4 Å². The molecule has 4 atom stereocenters. The molecule has 1 N–H and O–H groups in total. The van der Waals surface area contributed by atoms with Crippen molar-refractivity contribution in [2.45, 2.75) is 122 Å². The average Bonchev–Trinajstić information content (AvgIpc) is 3.20. The van der Waals surface area contributed by atoms with Gasteiger partial charge in [-0.15, -0.1) is 0 Å². The van der Waals surface area contributed by atoms with Crippen LogP contribution in [-0.2, 0) is 25.2 Å². The van der Waals surface area contributed by atoms with Crippen LogP contribution in [0.4, 0.5) is 4.79 Å². The minimum atomic E-state index is -2.04. The van der Waals surface area contributed by atoms with Crippen molar-refractivity contribution < 1.29 is 28.5 Å². The van der Waals surface area contributed by atoms with Crippen molar-refractivity contribution in [3.05, 3.63) is 35.4 Å². The molecular formula is C28H47NO6Si. The molecule has 1 aromatic carbocycles. The van der Waals surface area contributed by atoms with E-state index in [1.54, 1.807) is 4.90 Å². The molecule has 0 bridgehead atoms. The Labute approximate surface area is 218 Å². The normalized spacial score (nSPS) is 24.6. The third kappa shape index (κ3) is 7.77. The second-order valence-corrected chi connectivity index (χ2v) is 17.5. The van der Waals surface area contributed by atoms with Crippen LogP contribution in [0.15, 0.2) is 24.3 Å². The van der Waals surface area contributed by atoms with Crippen LogP contribution in [0.3, 0.4) is 0 Å². The second kappa shape index (κ2) is 11.5. The Bertz CT molecular complexity index is 854. The number of carbonyl (C=O) groups is 1. The summed E-state index contributed by atoms with van der Waals surface area (Å²) in [5.41, 5.74) is 1.17. The van der Waals surface area contributed by atoms with Gasteiger partial charge >= 0.3 is 6.09 Å². The predicted octanol–water partition coefficient (Wildman–Crippen LogP) is 6.16. The fourth-order valence-electron chi connectivity index (χ4n) is 4.40. The number of ether oxygens (including phenoxy) is 3. The van der Waals surface area contributed by atoms with Crippen molar-refractivity contribution >= 4 is 14.4 Å². The molecule has 0 aromatic heterocycles. The molecule has 0 aliphatic carbocycles. The summed E-state index contributed by atoms with van der Waals surface area (Å²) >= 11 is 0. The van der Waals surface area contributed by atoms with Gasteiger partial charge in [-0.3, -0.25) is 4.90 Å². The highest BCUT2D eigenvalue weighted by atomic mass is 28.4. The summed E-state index contributed by atoms with van der Waals surface area (Å²) in [7, 11) is -2.04. The van der Waals surface area contributed by atoms with Gasteiger partial charge in [0.25, 0.3) is 0 Å². The van der Waals surface area contributed by atoms with E-state index in [1.807, 2.05) is 45.0 Å². The van der Waals surface area contributed by atoms with Crippen LogP contribution < -0.4 is 0 Å². The fraction of sp³-hybridized carbons (Fsp3) is 0.750. The smallest absolute Gasteiger partial charge is 0.410 e. The Morgan fingerprint density at radius 2 is 1.81 bits per heavy atom. The highest BCUT2D eigenvalue weighted by Crippen LogP contribution is 2.40. The first kappa shape index (κ1) is 29.1. The molecule has 0 radical (unpaired) electrons. The van der Waals surface area contributed by atoms with Crippen molar-refractivity contribution in [3.63, 3.8) is 0 Å². The molecule has 0 spiro atoms. The van der Waals surface area contributed by atoms with Crippen LogP contribution in [0.2, 0.25) is 18.1 Å². The van der Waals surface area contributed by atoms with Crippen LogP contribution >= 0.6 is 0 Å². The summed E-state index contributed by atoms with van der Waals surface area (Å²) in [5, 5.41) is 11.5. The number of carbonyl (C=O) groups excluding carboxylic acids is 1. The molecule has 2 aliphatic heterocycles. The first-order valence-corrected chi connectivity index (χ1v) is 16.2. The molecule has 2 unspecified atom stereocenters. The number of benzene rings is 1. The second-order valence-electron chi connectivity index (χ2n) is 12.7. The monoisotopic (exact) mass is 521 g/mol. The number of nitrogens with zero attached hydrogens (tertiary/aromatic N) is 1. The lowest BCUT2D eigenvalue weighted by atomic mass is 9.99. The number of rotatable bonds is 7. The topological polar surface area (TPSA) is 77.5 Å². The van der Waals surface area contributed by atoms with E-state index in [9.17, 15) is 9.90 Å². The SMILES string of the molecule is CC(C)(C)OC(=O)N1C[C@H](O[Si](C)(C)C(C)(C)C)C[C@H]1C(O)c1ccc(COC2CCCCO2)cc1. The molecular weight excluding hydrogens is 474 g/mol. The van der Waals surface area contributed by atoms with E-state index in [1.165, 1.54) is 0 Å². The molecule has 2 aliphatic rings. The largest absolute Gasteiger partial charge is 0.444 e. The van der Waals surface area contributed by atoms with Crippen LogP contribution in [0.25, 0.3) is 0 Å². The molecule has 204 valence electrons. The maximum absolute atomic E-state index is 13.1. The predicted molar refractivity (Wildman–Crippen MR) is 143 cm³/mol. The number of amides is 1. The fourth-order valence-corrected chi connectivity index (χ4v) is 5.76. The summed E-state index contributed by atoms with van der Waals surface area (Å²) in [6.07, 6.45) is 2.19. The number of likely N-dealkylation sites (tertiary alicyclic amines) is 1. The van der Waals surface area contributed by atoms with E-state index in [4.69, 9.17) is 18.6 Å². The van der Waals surface area contributed by atoms with Crippen LogP contribution in [0.5, 0.6) is 0 Å². The Kier molecular flexibility index (Phi) is 9.31. The third-order valence-corrected chi connectivity index (χ3v) is 12.0. The highest BCUT2D eigenvalue weighted by molar-refractivity contribution is 6.74. The molecule has 2 fully saturated rings. The summed E-state index contributed by atoms with van der Waals surface area (Å²) in [4.78, 5) is 14.8. The summed E-state index contributed by atoms with van der Waals surface area (Å²) in [6.45, 7) is 18.3. The maximum atomic E-state index is 13.1. The minimum absolute atomic E-state index is 0.0566. The van der Waals surface area contributed by atoms with E-state index in [2.05, 4.69) is 33.9 Å². The molecule has 2 saturated heterocycles. The maximum Gasteiger partial charge on any atom is 0.410 e. The van der Waals surface area contributed by atoms with Crippen molar-refractivity contribution in [1.82, 2.24) is 4.90 Å². The first-order valence-electron chi connectivity index (χ1n) is 13.3. The number of aliphatic hydroxyl groups excluding tert-OH is 1. The van der Waals surface area contributed by atoms with Gasteiger partial charge in [-0.2, -0.15) is 0 Å². The van der Waals surface area contributed by atoms with Gasteiger partial charge in [0, 0.05) is 13.2 Å². The van der Waals surface area contributed by atoms with Crippen LogP contribution in [0.1, 0.15) is 84.5 Å². The summed E-state index contributed by atoms with van der Waals surface area (Å²) in [5.74, 6) is 0. The lowest BCUT2D eigenvalue weighted by Crippen LogP contribution is -2.45. The van der Waals surface area contributed by atoms with Gasteiger partial charge < -0.3 is 23.7 Å². The Balaban J connectivity index is 1.71. The highest BCUT2D eigenvalue weighted by Gasteiger charge is 2.46. The molecule has 1 aromatic rings. The van der Waals surface area contributed by atoms with Gasteiger partial charge in [0.2, 0.25) is 0 Å². The van der Waals surface area contributed by atoms with Gasteiger partial charge in [0.15, 0.2) is 14.6 Å². The molecule has 3 rings (SSSR count). The Morgan fingerprint density at radius 1 is 1.14 bits per heavy atom. The van der Waals surface area contributed by atoms with Crippen molar-refractivity contribution in [1.29, 1.82) is 0 Å². The molecule has 8 heteroatoms. The van der Waals surface area contributed by atoms with Gasteiger partial charge in [-0.25, -0.2) is 4.79 Å². The van der Waals surface area contributed by atoms with Gasteiger partial charge in [-0.05, 0) is 75.7 Å². The van der Waals surface area contributed by atoms with E-state index in [0.717, 1.165) is 37.0 Å². The molecule has 2 heterocycles. The standard InChI is InChI=1S/C28H47NO6Si/c1-27(2,3)34-26(31)29-18-22(35-36(7,8)28(4,5)6)17-23(29)25(30)21-14-12-20(13-15-21)19-33-24-11-9-10-16-32-24/h12-15,22-25,30H,9-11,16-19H2,1-8H3/t22-,23+,24?,25?/m1/s1. The third-order valence-electron chi connectivity index (χ3n) is 7.46. The Hall–Kier alpha value is -1.45. The zero-order valence-corrected chi connectivity index (χ0v) is 24.5. The average molecular weight is 522 g/mol.